The number of carbonyl (C=O) groups is 1. The lowest BCUT2D eigenvalue weighted by molar-refractivity contribution is 0.0923. The van der Waals surface area contributed by atoms with Crippen LogP contribution in [0.1, 0.15) is 42.5 Å². The first-order valence-electron chi connectivity index (χ1n) is 6.04. The van der Waals surface area contributed by atoms with E-state index in [1.54, 1.807) is 0 Å². The predicted molar refractivity (Wildman–Crippen MR) is 70.8 cm³/mol. The molecule has 98 valence electrons. The van der Waals surface area contributed by atoms with Gasteiger partial charge in [0.1, 0.15) is 0 Å². The molecule has 0 aromatic heterocycles. The predicted octanol–water partition coefficient (Wildman–Crippen LogP) is 4.20. The lowest BCUT2D eigenvalue weighted by Crippen LogP contribution is -2.36. The van der Waals surface area contributed by atoms with Gasteiger partial charge in [-0.2, -0.15) is 0 Å². The van der Waals surface area contributed by atoms with Crippen LogP contribution in [0.4, 0.5) is 4.39 Å². The molecule has 0 atom stereocenters. The number of halogens is 3. The number of hydrogen-bond acceptors (Lipinski definition) is 1. The van der Waals surface area contributed by atoms with Gasteiger partial charge in [0, 0.05) is 6.04 Å². The van der Waals surface area contributed by atoms with Crippen LogP contribution in [0.5, 0.6) is 0 Å². The third-order valence-electron chi connectivity index (χ3n) is 3.22. The summed E-state index contributed by atoms with van der Waals surface area (Å²) >= 11 is 11.4. The van der Waals surface area contributed by atoms with Gasteiger partial charge in [0.2, 0.25) is 0 Å². The van der Waals surface area contributed by atoms with Crippen LogP contribution in [0.2, 0.25) is 10.0 Å². The standard InChI is InChI=1S/C13H14Cl2FNO/c14-10-7-6-9(12(16)11(10)15)13(18)17-8-4-2-1-3-5-8/h6-8H,1-5H2,(H,17,18). The zero-order valence-electron chi connectivity index (χ0n) is 9.81. The molecule has 1 aliphatic rings. The highest BCUT2D eigenvalue weighted by molar-refractivity contribution is 6.42. The maximum absolute atomic E-state index is 13.8. The number of rotatable bonds is 2. The van der Waals surface area contributed by atoms with Crippen molar-refractivity contribution in [1.82, 2.24) is 5.32 Å². The molecule has 2 nitrogen and oxygen atoms in total. The summed E-state index contributed by atoms with van der Waals surface area (Å²) in [4.78, 5) is 11.9. The van der Waals surface area contributed by atoms with Gasteiger partial charge >= 0.3 is 0 Å². The van der Waals surface area contributed by atoms with Crippen molar-refractivity contribution in [3.05, 3.63) is 33.6 Å². The first-order valence-corrected chi connectivity index (χ1v) is 6.79. The Morgan fingerprint density at radius 2 is 1.89 bits per heavy atom. The second-order valence-corrected chi connectivity index (χ2v) is 5.32. The van der Waals surface area contributed by atoms with Crippen LogP contribution in [0, 0.1) is 5.82 Å². The molecule has 0 radical (unpaired) electrons. The summed E-state index contributed by atoms with van der Waals surface area (Å²) in [6.45, 7) is 0. The van der Waals surface area contributed by atoms with E-state index in [1.807, 2.05) is 0 Å². The van der Waals surface area contributed by atoms with E-state index >= 15 is 0 Å². The number of hydrogen-bond donors (Lipinski definition) is 1. The second-order valence-electron chi connectivity index (χ2n) is 4.53. The van der Waals surface area contributed by atoms with Crippen LogP contribution in [-0.4, -0.2) is 11.9 Å². The Balaban J connectivity index is 2.11. The van der Waals surface area contributed by atoms with Crippen LogP contribution < -0.4 is 5.32 Å². The summed E-state index contributed by atoms with van der Waals surface area (Å²) in [5.41, 5.74) is -0.0463. The van der Waals surface area contributed by atoms with Gasteiger partial charge in [-0.1, -0.05) is 42.5 Å². The molecule has 1 aliphatic carbocycles. The summed E-state index contributed by atoms with van der Waals surface area (Å²) in [5.74, 6) is -1.17. The molecular formula is C13H14Cl2FNO. The number of nitrogens with one attached hydrogen (secondary N) is 1. The lowest BCUT2D eigenvalue weighted by atomic mass is 9.95. The molecule has 2 rings (SSSR count). The number of benzene rings is 1. The fourth-order valence-corrected chi connectivity index (χ4v) is 2.52. The maximum atomic E-state index is 13.8. The SMILES string of the molecule is O=C(NC1CCCCC1)c1ccc(Cl)c(Cl)c1F. The highest BCUT2D eigenvalue weighted by Crippen LogP contribution is 2.27. The zero-order valence-corrected chi connectivity index (χ0v) is 11.3. The fraction of sp³-hybridized carbons (Fsp3) is 0.462. The van der Waals surface area contributed by atoms with Crippen LogP contribution in [0.3, 0.4) is 0 Å². The molecule has 1 fully saturated rings. The molecule has 0 spiro atoms. The minimum absolute atomic E-state index is 0.0463. The van der Waals surface area contributed by atoms with Crippen LogP contribution in [0.25, 0.3) is 0 Å². The third kappa shape index (κ3) is 2.96. The number of amides is 1. The van der Waals surface area contributed by atoms with E-state index < -0.39 is 11.7 Å². The molecule has 1 amide bonds. The lowest BCUT2D eigenvalue weighted by Gasteiger charge is -2.22. The molecule has 5 heteroatoms. The molecular weight excluding hydrogens is 276 g/mol. The minimum Gasteiger partial charge on any atom is -0.349 e. The van der Waals surface area contributed by atoms with Gasteiger partial charge in [-0.25, -0.2) is 4.39 Å². The molecule has 18 heavy (non-hydrogen) atoms. The van der Waals surface area contributed by atoms with E-state index in [9.17, 15) is 9.18 Å². The third-order valence-corrected chi connectivity index (χ3v) is 4.00. The summed E-state index contributed by atoms with van der Waals surface area (Å²) in [7, 11) is 0. The summed E-state index contributed by atoms with van der Waals surface area (Å²) < 4.78 is 13.8. The smallest absolute Gasteiger partial charge is 0.254 e. The van der Waals surface area contributed by atoms with Gasteiger partial charge in [0.15, 0.2) is 5.82 Å². The number of carbonyl (C=O) groups excluding carboxylic acids is 1. The molecule has 1 N–H and O–H groups in total. The monoisotopic (exact) mass is 289 g/mol. The molecule has 0 heterocycles. The average molecular weight is 290 g/mol. The summed E-state index contributed by atoms with van der Waals surface area (Å²) in [5, 5.41) is 2.76. The molecule has 1 aromatic carbocycles. The van der Waals surface area contributed by atoms with Gasteiger partial charge in [-0.05, 0) is 25.0 Å². The summed E-state index contributed by atoms with van der Waals surface area (Å²) in [6.07, 6.45) is 5.32. The minimum atomic E-state index is -0.752. The Morgan fingerprint density at radius 3 is 2.56 bits per heavy atom. The van der Waals surface area contributed by atoms with E-state index in [2.05, 4.69) is 5.32 Å². The van der Waals surface area contributed by atoms with Gasteiger partial charge < -0.3 is 5.32 Å². The Kier molecular flexibility index (Phi) is 4.46. The maximum Gasteiger partial charge on any atom is 0.254 e. The Bertz CT molecular complexity index is 459. The Labute approximate surface area is 115 Å². The largest absolute Gasteiger partial charge is 0.349 e. The molecule has 1 saturated carbocycles. The van der Waals surface area contributed by atoms with Crippen molar-refractivity contribution in [3.63, 3.8) is 0 Å². The van der Waals surface area contributed by atoms with Gasteiger partial charge in [0.05, 0.1) is 15.6 Å². The van der Waals surface area contributed by atoms with Crippen LogP contribution in [-0.2, 0) is 0 Å². The van der Waals surface area contributed by atoms with Crippen molar-refractivity contribution < 1.29 is 9.18 Å². The van der Waals surface area contributed by atoms with Crippen molar-refractivity contribution in [1.29, 1.82) is 0 Å². The first-order chi connectivity index (χ1) is 8.59. The molecule has 0 unspecified atom stereocenters. The molecule has 0 bridgehead atoms. The Hall–Kier alpha value is -0.800. The van der Waals surface area contributed by atoms with Crippen molar-refractivity contribution in [3.8, 4) is 0 Å². The normalized spacial score (nSPS) is 16.6. The second kappa shape index (κ2) is 5.89. The van der Waals surface area contributed by atoms with Crippen LogP contribution >= 0.6 is 23.2 Å². The molecule has 0 aliphatic heterocycles. The van der Waals surface area contributed by atoms with Crippen LogP contribution in [0.15, 0.2) is 12.1 Å². The summed E-state index contributed by atoms with van der Waals surface area (Å²) in [6, 6.07) is 2.94. The fourth-order valence-electron chi connectivity index (χ4n) is 2.21. The first kappa shape index (κ1) is 13.6. The van der Waals surface area contributed by atoms with E-state index in [-0.39, 0.29) is 21.7 Å². The highest BCUT2D eigenvalue weighted by atomic mass is 35.5. The van der Waals surface area contributed by atoms with Crippen molar-refractivity contribution in [2.75, 3.05) is 0 Å². The molecule has 1 aromatic rings. The highest BCUT2D eigenvalue weighted by Gasteiger charge is 2.20. The van der Waals surface area contributed by atoms with E-state index in [0.29, 0.717) is 0 Å². The topological polar surface area (TPSA) is 29.1 Å². The zero-order chi connectivity index (χ0) is 13.1. The van der Waals surface area contributed by atoms with E-state index in [1.165, 1.54) is 18.6 Å². The molecule has 0 saturated heterocycles. The van der Waals surface area contributed by atoms with Crippen molar-refractivity contribution >= 4 is 29.1 Å². The van der Waals surface area contributed by atoms with E-state index in [4.69, 9.17) is 23.2 Å². The average Bonchev–Trinajstić information content (AvgIpc) is 2.37. The van der Waals surface area contributed by atoms with Gasteiger partial charge in [-0.3, -0.25) is 4.79 Å². The quantitative estimate of drug-likeness (QED) is 0.813. The van der Waals surface area contributed by atoms with Crippen molar-refractivity contribution in [2.24, 2.45) is 0 Å². The van der Waals surface area contributed by atoms with E-state index in [0.717, 1.165) is 25.7 Å². The van der Waals surface area contributed by atoms with Crippen molar-refractivity contribution in [2.45, 2.75) is 38.1 Å². The van der Waals surface area contributed by atoms with Gasteiger partial charge in [-0.15, -0.1) is 0 Å². The Morgan fingerprint density at radius 1 is 1.22 bits per heavy atom. The van der Waals surface area contributed by atoms with Gasteiger partial charge in [0.25, 0.3) is 5.91 Å².